The summed E-state index contributed by atoms with van der Waals surface area (Å²) in [5.41, 5.74) is 11.4. The number of methoxy groups -OCH3 is 1. The van der Waals surface area contributed by atoms with Crippen LogP contribution in [0.5, 0.6) is 17.2 Å². The number of hydrogen-bond donors (Lipinski definition) is 1. The number of carbonyl (C=O) groups excluding carboxylic acids is 4. The van der Waals surface area contributed by atoms with Crippen LogP contribution in [0.25, 0.3) is 17.0 Å². The van der Waals surface area contributed by atoms with Crippen LogP contribution in [-0.4, -0.2) is 71.0 Å². The standard InChI is InChI=1S/C52H56N2O9/c1-26(2)13-12-19-50(8)25-29-23-35(55)60-46-36(29)44(61-50)32(17-16-27(3)4)45-39(46)42-40-37(38-41(54(42)22-21-53)30-14-10-11-15-31(30)43(38)56)33-24-34-49(6,7)63-51(47(33)57,52(34,40)62-45)20-18-28(5)48(58)59-9/h10-11,13-16,18,25,33-34,37H,12,17,19-24,53H2,1-9H3/b28-18-. The van der Waals surface area contributed by atoms with E-state index in [1.807, 2.05) is 52.0 Å². The van der Waals surface area contributed by atoms with Crippen molar-refractivity contribution in [2.45, 2.75) is 116 Å². The van der Waals surface area contributed by atoms with E-state index in [4.69, 9.17) is 29.4 Å². The number of rotatable bonds is 10. The summed E-state index contributed by atoms with van der Waals surface area (Å²) in [6.45, 7) is 16.5. The third kappa shape index (κ3) is 5.51. The van der Waals surface area contributed by atoms with Crippen LogP contribution < -0.4 is 19.9 Å². The van der Waals surface area contributed by atoms with E-state index in [9.17, 15) is 14.4 Å². The average Bonchev–Trinajstić information content (AvgIpc) is 3.60. The van der Waals surface area contributed by atoms with Crippen molar-refractivity contribution in [2.24, 2.45) is 23.5 Å². The van der Waals surface area contributed by atoms with Crippen LogP contribution in [0.2, 0.25) is 0 Å². The van der Waals surface area contributed by atoms with E-state index in [0.717, 1.165) is 40.0 Å². The number of nitrogens with zero attached hydrogens (tertiary/aromatic N) is 1. The lowest BCUT2D eigenvalue weighted by Gasteiger charge is -2.63. The molecular weight excluding hydrogens is 797 g/mol. The molecule has 5 heterocycles. The van der Waals surface area contributed by atoms with E-state index in [1.165, 1.54) is 12.7 Å². The molecule has 2 aromatic carbocycles. The Kier molecular flexibility index (Phi) is 9.21. The summed E-state index contributed by atoms with van der Waals surface area (Å²) in [6.07, 6.45) is 10.5. The smallest absolute Gasteiger partial charge is 0.333 e. The SMILES string of the molecule is COC(=O)/C(C)=C\CC12OC(C)(C)C3CC(C1=O)C1C4=C(c5ccccc5C4=O)N(CCN)C4=C1C32Oc1c(CC=C(C)C)c2c3c(c14)OC(=O)CC3=CC(C)(CCC=C(C)C)O2. The third-order valence-corrected chi connectivity index (χ3v) is 14.8. The minimum atomic E-state index is -1.63. The molecule has 11 heteroatoms. The van der Waals surface area contributed by atoms with Crippen LogP contribution in [0.1, 0.15) is 120 Å². The summed E-state index contributed by atoms with van der Waals surface area (Å²) in [4.78, 5) is 60.0. The van der Waals surface area contributed by atoms with Crippen molar-refractivity contribution in [2.75, 3.05) is 20.2 Å². The van der Waals surface area contributed by atoms with Gasteiger partial charge in [-0.25, -0.2) is 4.79 Å². The van der Waals surface area contributed by atoms with Gasteiger partial charge in [-0.15, -0.1) is 0 Å². The number of fused-ring (bicyclic) bond motifs is 5. The molecule has 1 saturated heterocycles. The van der Waals surface area contributed by atoms with Crippen LogP contribution in [0, 0.1) is 17.8 Å². The molecule has 4 aliphatic carbocycles. The second-order valence-corrected chi connectivity index (χ2v) is 19.8. The Balaban J connectivity index is 1.34. The normalized spacial score (nSPS) is 29.7. The molecule has 3 saturated carbocycles. The van der Waals surface area contributed by atoms with Gasteiger partial charge in [0.25, 0.3) is 0 Å². The lowest BCUT2D eigenvalue weighted by Crippen LogP contribution is -2.75. The molecule has 2 N–H and O–H groups in total. The number of benzene rings is 2. The van der Waals surface area contributed by atoms with Gasteiger partial charge in [0.1, 0.15) is 17.1 Å². The first kappa shape index (κ1) is 41.5. The predicted octanol–water partition coefficient (Wildman–Crippen LogP) is 8.40. The van der Waals surface area contributed by atoms with Crippen LogP contribution >= 0.6 is 0 Å². The molecule has 11 nitrogen and oxygen atoms in total. The average molecular weight is 853 g/mol. The lowest BCUT2D eigenvalue weighted by molar-refractivity contribution is -0.181. The van der Waals surface area contributed by atoms with Gasteiger partial charge in [-0.1, -0.05) is 53.6 Å². The molecule has 6 unspecified atom stereocenters. The Bertz CT molecular complexity index is 2680. The second-order valence-electron chi connectivity index (χ2n) is 19.8. The van der Waals surface area contributed by atoms with E-state index in [2.05, 4.69) is 43.9 Å². The Morgan fingerprint density at radius 1 is 0.921 bits per heavy atom. The summed E-state index contributed by atoms with van der Waals surface area (Å²) >= 11 is 0. The largest absolute Gasteiger partial charge is 0.482 e. The number of Topliss-reactive ketones (excluding diaryl/α,β-unsaturated/α-hetero) is 2. The quantitative estimate of drug-likeness (QED) is 0.107. The summed E-state index contributed by atoms with van der Waals surface area (Å²) in [5, 5.41) is 0. The molecule has 5 aliphatic heterocycles. The van der Waals surface area contributed by atoms with Gasteiger partial charge in [-0.05, 0) is 92.7 Å². The molecule has 11 rings (SSSR count). The molecule has 6 atom stereocenters. The summed E-state index contributed by atoms with van der Waals surface area (Å²) < 4.78 is 34.0. The van der Waals surface area contributed by atoms with E-state index < -0.39 is 46.2 Å². The topological polar surface area (TPSA) is 144 Å². The zero-order valence-corrected chi connectivity index (χ0v) is 37.7. The van der Waals surface area contributed by atoms with Crippen molar-refractivity contribution < 1.29 is 42.9 Å². The minimum absolute atomic E-state index is 0.0148. The number of hydrogen-bond acceptors (Lipinski definition) is 11. The maximum absolute atomic E-state index is 15.9. The maximum atomic E-state index is 15.9. The van der Waals surface area contributed by atoms with E-state index in [0.29, 0.717) is 76.6 Å². The molecule has 4 bridgehead atoms. The van der Waals surface area contributed by atoms with Crippen molar-refractivity contribution in [3.8, 4) is 17.2 Å². The molecule has 2 aromatic rings. The summed E-state index contributed by atoms with van der Waals surface area (Å²) in [7, 11) is 1.33. The van der Waals surface area contributed by atoms with E-state index >= 15 is 4.79 Å². The highest BCUT2D eigenvalue weighted by Gasteiger charge is 2.84. The van der Waals surface area contributed by atoms with E-state index in [1.54, 1.807) is 13.0 Å². The fraction of sp³-hybridized carbons (Fsp3) is 0.462. The van der Waals surface area contributed by atoms with Crippen LogP contribution in [0.3, 0.4) is 0 Å². The number of carbonyl (C=O) groups is 4. The zero-order valence-electron chi connectivity index (χ0n) is 37.7. The molecule has 4 fully saturated rings. The van der Waals surface area contributed by atoms with Gasteiger partial charge in [0, 0.05) is 70.7 Å². The first-order valence-corrected chi connectivity index (χ1v) is 22.3. The summed E-state index contributed by atoms with van der Waals surface area (Å²) in [6, 6.07) is 7.60. The Labute approximate surface area is 368 Å². The predicted molar refractivity (Wildman–Crippen MR) is 238 cm³/mol. The van der Waals surface area contributed by atoms with Crippen molar-refractivity contribution in [3.63, 3.8) is 0 Å². The molecule has 1 spiro atoms. The van der Waals surface area contributed by atoms with Crippen LogP contribution in [0.15, 0.2) is 76.4 Å². The lowest BCUT2D eigenvalue weighted by atomic mass is 9.44. The van der Waals surface area contributed by atoms with Gasteiger partial charge in [0.2, 0.25) is 0 Å². The van der Waals surface area contributed by atoms with Gasteiger partial charge in [0.15, 0.2) is 28.5 Å². The van der Waals surface area contributed by atoms with Crippen LogP contribution in [0.4, 0.5) is 0 Å². The highest BCUT2D eigenvalue weighted by Crippen LogP contribution is 2.75. The van der Waals surface area contributed by atoms with Crippen LogP contribution in [-0.2, 0) is 30.3 Å². The molecule has 0 aromatic heterocycles. The zero-order chi connectivity index (χ0) is 44.7. The number of nitrogens with two attached hydrogens (primary N) is 1. The number of ether oxygens (including phenoxy) is 5. The first-order valence-electron chi connectivity index (χ1n) is 22.3. The summed E-state index contributed by atoms with van der Waals surface area (Å²) in [5.74, 6) is -1.55. The Morgan fingerprint density at radius 3 is 2.33 bits per heavy atom. The molecule has 0 amide bonds. The monoisotopic (exact) mass is 852 g/mol. The molecule has 0 radical (unpaired) electrons. The molecule has 9 aliphatic rings. The number of allylic oxidation sites excluding steroid dienone is 5. The van der Waals surface area contributed by atoms with E-state index in [-0.39, 0.29) is 36.9 Å². The fourth-order valence-corrected chi connectivity index (χ4v) is 12.4. The van der Waals surface area contributed by atoms with Crippen molar-refractivity contribution in [3.05, 3.63) is 104 Å². The third-order valence-electron chi connectivity index (χ3n) is 14.8. The van der Waals surface area contributed by atoms with Gasteiger partial charge < -0.3 is 34.3 Å². The van der Waals surface area contributed by atoms with Crippen molar-refractivity contribution in [1.29, 1.82) is 0 Å². The maximum Gasteiger partial charge on any atom is 0.333 e. The molecule has 63 heavy (non-hydrogen) atoms. The second kappa shape index (κ2) is 14.0. The highest BCUT2D eigenvalue weighted by molar-refractivity contribution is 6.23. The van der Waals surface area contributed by atoms with Gasteiger partial charge in [0.05, 0.1) is 41.7 Å². The Hall–Kier alpha value is -5.52. The first-order chi connectivity index (χ1) is 29.9. The Morgan fingerprint density at radius 2 is 1.63 bits per heavy atom. The van der Waals surface area contributed by atoms with Gasteiger partial charge in [-0.2, -0.15) is 0 Å². The van der Waals surface area contributed by atoms with Gasteiger partial charge in [-0.3, -0.25) is 14.4 Å². The van der Waals surface area contributed by atoms with Crippen molar-refractivity contribution in [1.82, 2.24) is 4.90 Å². The molecular formula is C52H56N2O9. The van der Waals surface area contributed by atoms with Gasteiger partial charge >= 0.3 is 11.9 Å². The minimum Gasteiger partial charge on any atom is -0.482 e. The molecule has 328 valence electrons. The number of esters is 2. The highest BCUT2D eigenvalue weighted by atomic mass is 16.6. The number of ketones is 2. The van der Waals surface area contributed by atoms with Crippen molar-refractivity contribution >= 4 is 40.5 Å². The fourth-order valence-electron chi connectivity index (χ4n) is 12.4.